The number of phenols is 1. The molecule has 2 fully saturated rings. The van der Waals surface area contributed by atoms with Crippen LogP contribution in [0.3, 0.4) is 0 Å². The number of unbranched alkanes of at least 4 members (excludes halogenated alkanes) is 1. The van der Waals surface area contributed by atoms with E-state index < -0.39 is 205 Å². The number of fused-ring (bicyclic) bond motifs is 2. The third-order valence-electron chi connectivity index (χ3n) is 21.4. The minimum atomic E-state index is -1.83. The molecule has 13 atom stereocenters. The highest BCUT2D eigenvalue weighted by Crippen LogP contribution is 2.29. The van der Waals surface area contributed by atoms with Gasteiger partial charge in [-0.3, -0.25) is 82.1 Å². The van der Waals surface area contributed by atoms with Crippen molar-refractivity contribution in [2.75, 3.05) is 72.0 Å². The molecule has 42 heteroatoms. The van der Waals surface area contributed by atoms with Gasteiger partial charge in [0.05, 0.1) is 38.0 Å². The minimum absolute atomic E-state index is 0.0102. The van der Waals surface area contributed by atoms with Gasteiger partial charge < -0.3 is 121 Å². The van der Waals surface area contributed by atoms with Gasteiger partial charge in [-0.15, -0.1) is 23.1 Å². The van der Waals surface area contributed by atoms with E-state index in [1.54, 1.807) is 67.9 Å². The Morgan fingerprint density at radius 3 is 1.76 bits per heavy atom. The summed E-state index contributed by atoms with van der Waals surface area (Å²) in [4.78, 5) is 232. The summed E-state index contributed by atoms with van der Waals surface area (Å²) in [7, 11) is 4.03. The molecular weight excluding hydrogens is 1650 g/mol. The average Bonchev–Trinajstić information content (AvgIpc) is 0.971. The molecule has 3 aromatic carbocycles. The first-order valence-electron chi connectivity index (χ1n) is 41.0. The van der Waals surface area contributed by atoms with Crippen molar-refractivity contribution in [1.29, 1.82) is 5.41 Å². The number of primary amides is 2. The SMILES string of the molecule is CCCC[C@@H](C(=O)N(C)[C@@H](C)C(=O)N[C@@H](CCCNC(=N)N)C(=O)NC(CSCC(=O)N[C@@H](Cc1ccc(O)cc1)C(=O)NC)C(=O)NCC(N)=O)N(C)C(=O)[C@H](Cc1csc2ccccc12)NC(=O)[C@H](CO)NC(=O)[C@H](Cc1c[nH]c2ccccc12)NC(=O)[C@@H]1CCCN1C(=O)[C@H](CC(C)C)NC(=O)[C@H](CO)NC(=O)[C@@H]1CCCN1C(=O)[C@@H](N)CC(N)=O. The Morgan fingerprint density at radius 1 is 0.589 bits per heavy atom. The number of phenolic OH excluding ortho intramolecular Hbond substituents is 1. The summed E-state index contributed by atoms with van der Waals surface area (Å²) in [5.41, 5.74) is 24.5. The van der Waals surface area contributed by atoms with Gasteiger partial charge in [0.2, 0.25) is 94.5 Å². The largest absolute Gasteiger partial charge is 0.508 e. The molecule has 24 N–H and O–H groups in total. The maximum Gasteiger partial charge on any atom is 0.245 e. The quantitative estimate of drug-likeness (QED) is 0.0102. The third-order valence-corrected chi connectivity index (χ3v) is 23.5. The number of hydrogen-bond acceptors (Lipinski definition) is 23. The zero-order valence-electron chi connectivity index (χ0n) is 70.5. The number of aromatic amines is 1. The van der Waals surface area contributed by atoms with Crippen LogP contribution in [-0.2, 0) is 96.0 Å². The molecule has 16 amide bonds. The number of H-pyrrole nitrogens is 1. The Bertz CT molecular complexity index is 4630. The topological polar surface area (TPSA) is 623 Å². The highest BCUT2D eigenvalue weighted by Gasteiger charge is 2.44. The van der Waals surface area contributed by atoms with Crippen LogP contribution in [0.15, 0.2) is 84.4 Å². The fourth-order valence-electron chi connectivity index (χ4n) is 14.6. The molecule has 40 nitrogen and oxygen atoms in total. The van der Waals surface area contributed by atoms with Crippen molar-refractivity contribution >= 4 is 145 Å². The predicted octanol–water partition coefficient (Wildman–Crippen LogP) is -3.58. The Morgan fingerprint density at radius 2 is 1.15 bits per heavy atom. The fourth-order valence-corrected chi connectivity index (χ4v) is 16.4. The van der Waals surface area contributed by atoms with Crippen LogP contribution in [0.25, 0.3) is 21.0 Å². The van der Waals surface area contributed by atoms with Crippen LogP contribution in [0.2, 0.25) is 0 Å². The second kappa shape index (κ2) is 48.1. The van der Waals surface area contributed by atoms with Crippen molar-refractivity contribution in [3.8, 4) is 5.75 Å². The molecule has 0 radical (unpaired) electrons. The number of thiophene rings is 1. The monoisotopic (exact) mass is 1760 g/mol. The van der Waals surface area contributed by atoms with Crippen LogP contribution >= 0.6 is 23.1 Å². The van der Waals surface area contributed by atoms with E-state index in [9.17, 15) is 77.6 Å². The van der Waals surface area contributed by atoms with E-state index in [1.165, 1.54) is 61.3 Å². The minimum Gasteiger partial charge on any atom is -0.508 e. The fraction of sp³-hybridized carbons (Fsp3) is 0.524. The number of aliphatic hydroxyl groups excluding tert-OH is 2. The van der Waals surface area contributed by atoms with Gasteiger partial charge in [-0.1, -0.05) is 82.1 Å². The molecule has 0 aliphatic carbocycles. The summed E-state index contributed by atoms with van der Waals surface area (Å²) < 4.78 is 0.822. The maximum atomic E-state index is 15.5. The summed E-state index contributed by atoms with van der Waals surface area (Å²) in [5, 5.41) is 70.8. The van der Waals surface area contributed by atoms with Gasteiger partial charge in [0, 0.05) is 87.6 Å². The Labute approximate surface area is 725 Å². The van der Waals surface area contributed by atoms with Crippen molar-refractivity contribution in [1.82, 2.24) is 83.1 Å². The van der Waals surface area contributed by atoms with Crippen LogP contribution in [0.1, 0.15) is 115 Å². The number of para-hydroxylation sites is 1. The van der Waals surface area contributed by atoms with Crippen molar-refractivity contribution in [2.45, 2.75) is 196 Å². The van der Waals surface area contributed by atoms with Crippen LogP contribution < -0.4 is 81.4 Å². The van der Waals surface area contributed by atoms with Crippen LogP contribution in [0.4, 0.5) is 0 Å². The molecule has 0 bridgehead atoms. The average molecular weight is 1770 g/mol. The Balaban J connectivity index is 1.09. The van der Waals surface area contributed by atoms with E-state index in [0.29, 0.717) is 46.9 Å². The molecule has 5 aromatic rings. The van der Waals surface area contributed by atoms with Crippen molar-refractivity contribution in [2.24, 2.45) is 28.9 Å². The number of hydrogen-bond donors (Lipinski definition) is 20. The van der Waals surface area contributed by atoms with Crippen molar-refractivity contribution in [3.05, 3.63) is 101 Å². The number of amides is 16. The number of aliphatic hydroxyl groups is 2. The van der Waals surface area contributed by atoms with E-state index in [1.807, 2.05) is 25.1 Å². The number of likely N-dealkylation sites (tertiary alicyclic amines) is 2. The lowest BCUT2D eigenvalue weighted by atomic mass is 10.0. The first-order valence-corrected chi connectivity index (χ1v) is 43.1. The second-order valence-corrected chi connectivity index (χ2v) is 33.1. The van der Waals surface area contributed by atoms with E-state index in [2.05, 4.69) is 63.5 Å². The summed E-state index contributed by atoms with van der Waals surface area (Å²) in [6.45, 7) is 4.27. The van der Waals surface area contributed by atoms with E-state index in [4.69, 9.17) is 28.3 Å². The predicted molar refractivity (Wildman–Crippen MR) is 461 cm³/mol. The second-order valence-electron chi connectivity index (χ2n) is 31.1. The number of guanidine groups is 1. The molecule has 4 heterocycles. The lowest BCUT2D eigenvalue weighted by Gasteiger charge is -2.35. The number of nitrogens with zero attached hydrogens (tertiary/aromatic N) is 4. The number of aromatic nitrogens is 1. The number of carbonyl (C=O) groups excluding carboxylic acids is 16. The first kappa shape index (κ1) is 99.1. The van der Waals surface area contributed by atoms with Crippen molar-refractivity contribution in [3.63, 3.8) is 0 Å². The van der Waals surface area contributed by atoms with Gasteiger partial charge in [-0.2, -0.15) is 0 Å². The van der Waals surface area contributed by atoms with E-state index in [-0.39, 0.29) is 107 Å². The standard InChI is InChI=1S/C82H117N21O19S2/c1-8-9-21-64(81(122)100(6)45(4)69(110)93-54(20-14-29-89-82(86)87)72(113)99-61(71(112)91-38-67(85)108)42-123-43-68(109)92-55(70(111)88-5)33-46-25-27-49(106)28-26-46)101(7)79(120)58(35-48-41-124-65-24-13-11-18-51(48)65)96-74(115)59(39-104)97-73(114)56(34-47-37-90-53-19-12-10-17-50(47)53)94-76(117)63-23-16-31-103(63)80(121)57(32-44(2)3)95-75(116)60(40-105)98-77(118)62-22-15-30-102(62)78(119)52(83)36-66(84)107/h10-13,17-19,24-28,37,41,44-45,52,54-64,90,104-106H,8-9,14-16,20-23,29-36,38-40,42-43,83H2,1-7H3,(H2,84,107)(H2,85,108)(H,88,111)(H,91,112)(H,92,109)(H,93,110)(H,94,117)(H,95,116)(H,96,115)(H,97,114)(H,98,118)(H,99,113)(H4,86,87,89)/t45-,52-,54-,55-,56-,57-,58-,59-,60-,61?,62-,63-,64-/m0/s1. The van der Waals surface area contributed by atoms with Gasteiger partial charge >= 0.3 is 0 Å². The van der Waals surface area contributed by atoms with E-state index >= 15 is 14.4 Å². The maximum absolute atomic E-state index is 15.5. The van der Waals surface area contributed by atoms with Crippen molar-refractivity contribution < 1.29 is 92.0 Å². The van der Waals surface area contributed by atoms with Crippen LogP contribution in [0, 0.1) is 11.3 Å². The number of nitrogens with one attached hydrogen (secondary N) is 13. The van der Waals surface area contributed by atoms with Gasteiger partial charge in [0.1, 0.15) is 78.3 Å². The molecule has 676 valence electrons. The summed E-state index contributed by atoms with van der Waals surface area (Å²) in [6, 6.07) is 1.99. The molecule has 124 heavy (non-hydrogen) atoms. The smallest absolute Gasteiger partial charge is 0.245 e. The molecule has 0 saturated carbocycles. The number of benzene rings is 3. The van der Waals surface area contributed by atoms with Gasteiger partial charge in [0.15, 0.2) is 5.96 Å². The number of carbonyl (C=O) groups is 16. The normalized spacial score (nSPS) is 16.4. The molecule has 2 saturated heterocycles. The van der Waals surface area contributed by atoms with Crippen LogP contribution in [-0.4, -0.2) is 291 Å². The number of likely N-dealkylation sites (N-methyl/N-ethyl adjacent to an activating group) is 3. The number of thioether (sulfide) groups is 1. The number of nitrogens with two attached hydrogens (primary N) is 4. The first-order chi connectivity index (χ1) is 59.0. The zero-order valence-corrected chi connectivity index (χ0v) is 72.1. The third kappa shape index (κ3) is 28.5. The molecule has 7 rings (SSSR count). The molecular formula is C82H117N21O19S2. The lowest BCUT2D eigenvalue weighted by Crippen LogP contribution is -2.61. The number of rotatable bonds is 48. The lowest BCUT2D eigenvalue weighted by molar-refractivity contribution is -0.149. The molecule has 2 aliphatic rings. The van der Waals surface area contributed by atoms with Crippen LogP contribution in [0.5, 0.6) is 5.75 Å². The van der Waals surface area contributed by atoms with Gasteiger partial charge in [0.25, 0.3) is 0 Å². The Hall–Kier alpha value is -12.0. The highest BCUT2D eigenvalue weighted by atomic mass is 32.2. The highest BCUT2D eigenvalue weighted by molar-refractivity contribution is 8.00. The molecule has 0 spiro atoms. The van der Waals surface area contributed by atoms with Gasteiger partial charge in [-0.25, -0.2) is 0 Å². The molecule has 2 aromatic heterocycles. The molecule has 1 unspecified atom stereocenters. The van der Waals surface area contributed by atoms with Gasteiger partial charge in [-0.05, 0) is 116 Å². The Kier molecular flexibility index (Phi) is 38.5. The molecule has 2 aliphatic heterocycles. The zero-order chi connectivity index (χ0) is 91.2. The summed E-state index contributed by atoms with van der Waals surface area (Å²) in [5.74, 6) is -14.6. The summed E-state index contributed by atoms with van der Waals surface area (Å²) >= 11 is 2.22. The number of aromatic hydroxyl groups is 1. The summed E-state index contributed by atoms with van der Waals surface area (Å²) in [6.07, 6.45) is 2.49. The van der Waals surface area contributed by atoms with E-state index in [0.717, 1.165) is 31.6 Å².